The fourth-order valence-corrected chi connectivity index (χ4v) is 3.09. The number of ether oxygens (including phenoxy) is 1. The van der Waals surface area contributed by atoms with E-state index >= 15 is 0 Å². The summed E-state index contributed by atoms with van der Waals surface area (Å²) in [5.74, 6) is -0.586. The predicted octanol–water partition coefficient (Wildman–Crippen LogP) is 1.89. The van der Waals surface area contributed by atoms with Crippen LogP contribution in [0, 0.1) is 0 Å². The van der Waals surface area contributed by atoms with E-state index in [1.807, 2.05) is 0 Å². The lowest BCUT2D eigenvalue weighted by atomic mass is 10.3. The number of benzene rings is 1. The van der Waals surface area contributed by atoms with Crippen LogP contribution in [-0.2, 0) is 9.53 Å². The Kier molecular flexibility index (Phi) is 3.16. The van der Waals surface area contributed by atoms with Gasteiger partial charge in [-0.15, -0.1) is 0 Å². The number of fused-ring (bicyclic) bond motifs is 3. The SMILES string of the molecule is COC(=O)/C=c1/sc2nc3cc(Cl)c(Cl)cc3n2c1=O. The van der Waals surface area contributed by atoms with Gasteiger partial charge in [-0.2, -0.15) is 0 Å². The molecule has 3 rings (SSSR count). The summed E-state index contributed by atoms with van der Waals surface area (Å²) < 4.78 is 6.17. The molecule has 0 amide bonds. The zero-order valence-electron chi connectivity index (χ0n) is 10.0. The van der Waals surface area contributed by atoms with Crippen LogP contribution in [0.15, 0.2) is 16.9 Å². The molecule has 0 radical (unpaired) electrons. The van der Waals surface area contributed by atoms with Gasteiger partial charge in [-0.25, -0.2) is 14.2 Å². The average Bonchev–Trinajstić information content (AvgIpc) is 2.88. The van der Waals surface area contributed by atoms with Crippen molar-refractivity contribution in [1.82, 2.24) is 9.38 Å². The Balaban J connectivity index is 2.40. The normalized spacial score (nSPS) is 12.4. The van der Waals surface area contributed by atoms with E-state index < -0.39 is 5.97 Å². The summed E-state index contributed by atoms with van der Waals surface area (Å²) in [7, 11) is 1.25. The van der Waals surface area contributed by atoms with E-state index in [2.05, 4.69) is 9.72 Å². The van der Waals surface area contributed by atoms with E-state index in [4.69, 9.17) is 23.2 Å². The summed E-state index contributed by atoms with van der Waals surface area (Å²) in [6.07, 6.45) is 1.14. The molecule has 20 heavy (non-hydrogen) atoms. The maximum absolute atomic E-state index is 12.3. The number of imidazole rings is 1. The van der Waals surface area contributed by atoms with E-state index in [-0.39, 0.29) is 10.1 Å². The highest BCUT2D eigenvalue weighted by atomic mass is 35.5. The Morgan fingerprint density at radius 3 is 2.80 bits per heavy atom. The van der Waals surface area contributed by atoms with Crippen LogP contribution in [0.2, 0.25) is 10.0 Å². The lowest BCUT2D eigenvalue weighted by Crippen LogP contribution is -2.24. The van der Waals surface area contributed by atoms with Gasteiger partial charge in [-0.3, -0.25) is 4.79 Å². The number of rotatable bonds is 1. The highest BCUT2D eigenvalue weighted by molar-refractivity contribution is 7.15. The first-order valence-electron chi connectivity index (χ1n) is 5.41. The van der Waals surface area contributed by atoms with Gasteiger partial charge < -0.3 is 4.74 Å². The molecule has 1 aromatic carbocycles. The number of esters is 1. The largest absolute Gasteiger partial charge is 0.466 e. The van der Waals surface area contributed by atoms with Gasteiger partial charge in [0.1, 0.15) is 4.53 Å². The highest BCUT2D eigenvalue weighted by Gasteiger charge is 2.13. The first-order valence-corrected chi connectivity index (χ1v) is 6.98. The van der Waals surface area contributed by atoms with Gasteiger partial charge in [0, 0.05) is 6.08 Å². The third kappa shape index (κ3) is 1.96. The van der Waals surface area contributed by atoms with Crippen LogP contribution in [0.25, 0.3) is 22.1 Å². The molecule has 0 saturated heterocycles. The van der Waals surface area contributed by atoms with E-state index in [9.17, 15) is 9.59 Å². The monoisotopic (exact) mass is 328 g/mol. The number of hydrogen-bond acceptors (Lipinski definition) is 5. The zero-order chi connectivity index (χ0) is 14.4. The molecule has 0 bridgehead atoms. The van der Waals surface area contributed by atoms with Crippen LogP contribution < -0.4 is 10.1 Å². The molecule has 102 valence electrons. The van der Waals surface area contributed by atoms with E-state index in [1.54, 1.807) is 12.1 Å². The van der Waals surface area contributed by atoms with E-state index in [0.29, 0.717) is 26.0 Å². The summed E-state index contributed by atoms with van der Waals surface area (Å²) in [5, 5.41) is 0.712. The molecule has 0 aliphatic carbocycles. The highest BCUT2D eigenvalue weighted by Crippen LogP contribution is 2.28. The molecule has 0 atom stereocenters. The minimum atomic E-state index is -0.586. The molecule has 0 fully saturated rings. The van der Waals surface area contributed by atoms with Gasteiger partial charge in [0.2, 0.25) is 0 Å². The first kappa shape index (κ1) is 13.4. The maximum Gasteiger partial charge on any atom is 0.332 e. The van der Waals surface area contributed by atoms with Crippen LogP contribution in [0.3, 0.4) is 0 Å². The van der Waals surface area contributed by atoms with Crippen molar-refractivity contribution in [3.05, 3.63) is 37.1 Å². The molecule has 8 heteroatoms. The lowest BCUT2D eigenvalue weighted by Gasteiger charge is -1.94. The molecule has 2 aromatic heterocycles. The molecule has 0 saturated carbocycles. The lowest BCUT2D eigenvalue weighted by molar-refractivity contribution is -0.133. The van der Waals surface area contributed by atoms with Crippen LogP contribution in [0.4, 0.5) is 0 Å². The smallest absolute Gasteiger partial charge is 0.332 e. The molecule has 0 aliphatic rings. The fraction of sp³-hybridized carbons (Fsp3) is 0.0833. The van der Waals surface area contributed by atoms with Crippen molar-refractivity contribution in [2.24, 2.45) is 0 Å². The van der Waals surface area contributed by atoms with Gasteiger partial charge in [-0.05, 0) is 12.1 Å². The van der Waals surface area contributed by atoms with E-state index in [1.165, 1.54) is 11.5 Å². The average molecular weight is 329 g/mol. The summed E-state index contributed by atoms with van der Waals surface area (Å²) in [5.41, 5.74) is 0.795. The Hall–Kier alpha value is -1.63. The second kappa shape index (κ2) is 4.73. The third-order valence-electron chi connectivity index (χ3n) is 2.73. The molecular formula is C12H6Cl2N2O3S. The van der Waals surface area contributed by atoms with Crippen LogP contribution in [0.5, 0.6) is 0 Å². The molecule has 3 aromatic rings. The van der Waals surface area contributed by atoms with Crippen molar-refractivity contribution in [3.8, 4) is 0 Å². The quantitative estimate of drug-likeness (QED) is 0.640. The number of hydrogen-bond donors (Lipinski definition) is 0. The van der Waals surface area contributed by atoms with Crippen LogP contribution in [0.1, 0.15) is 0 Å². The van der Waals surface area contributed by atoms with Crippen molar-refractivity contribution >= 4 is 62.6 Å². The van der Waals surface area contributed by atoms with Gasteiger partial charge in [0.15, 0.2) is 4.96 Å². The first-order chi connectivity index (χ1) is 9.51. The number of aromatic nitrogens is 2. The molecule has 2 heterocycles. The minimum Gasteiger partial charge on any atom is -0.466 e. The Bertz CT molecular complexity index is 961. The Labute approximate surface area is 126 Å². The van der Waals surface area contributed by atoms with Crippen molar-refractivity contribution in [2.45, 2.75) is 0 Å². The van der Waals surface area contributed by atoms with Crippen molar-refractivity contribution in [1.29, 1.82) is 0 Å². The second-order valence-electron chi connectivity index (χ2n) is 3.92. The maximum atomic E-state index is 12.3. The number of carbonyl (C=O) groups is 1. The molecule has 0 N–H and O–H groups in total. The standard InChI is InChI=1S/C12H6Cl2N2O3S/c1-19-10(17)4-9-11(18)16-8-3-6(14)5(13)2-7(8)15-12(16)20-9/h2-4H,1H3/b9-4+. The minimum absolute atomic E-state index is 0.257. The summed E-state index contributed by atoms with van der Waals surface area (Å²) in [4.78, 5) is 28.3. The van der Waals surface area contributed by atoms with E-state index in [0.717, 1.165) is 17.4 Å². The number of thiazole rings is 1. The predicted molar refractivity (Wildman–Crippen MR) is 78.6 cm³/mol. The number of halogens is 2. The topological polar surface area (TPSA) is 60.7 Å². The van der Waals surface area contributed by atoms with Crippen molar-refractivity contribution < 1.29 is 9.53 Å². The molecular weight excluding hydrogens is 323 g/mol. The Morgan fingerprint density at radius 2 is 2.10 bits per heavy atom. The zero-order valence-corrected chi connectivity index (χ0v) is 12.3. The number of nitrogens with zero attached hydrogens (tertiary/aromatic N) is 2. The van der Waals surface area contributed by atoms with Gasteiger partial charge >= 0.3 is 5.97 Å². The number of methoxy groups -OCH3 is 1. The van der Waals surface area contributed by atoms with Gasteiger partial charge in [0.05, 0.1) is 28.2 Å². The summed E-state index contributed by atoms with van der Waals surface area (Å²) in [6, 6.07) is 3.18. The molecule has 0 aliphatic heterocycles. The van der Waals surface area contributed by atoms with Crippen molar-refractivity contribution in [3.63, 3.8) is 0 Å². The van der Waals surface area contributed by atoms with Gasteiger partial charge in [0.25, 0.3) is 5.56 Å². The number of carbonyl (C=O) groups excluding carboxylic acids is 1. The summed E-state index contributed by atoms with van der Waals surface area (Å²) >= 11 is 13.0. The summed E-state index contributed by atoms with van der Waals surface area (Å²) in [6.45, 7) is 0. The molecule has 5 nitrogen and oxygen atoms in total. The third-order valence-corrected chi connectivity index (χ3v) is 4.42. The molecule has 0 unspecified atom stereocenters. The second-order valence-corrected chi connectivity index (χ2v) is 5.75. The molecule has 0 spiro atoms. The van der Waals surface area contributed by atoms with Gasteiger partial charge in [-0.1, -0.05) is 34.5 Å². The van der Waals surface area contributed by atoms with Crippen LogP contribution >= 0.6 is 34.5 Å². The van der Waals surface area contributed by atoms with Crippen LogP contribution in [-0.4, -0.2) is 22.5 Å². The Morgan fingerprint density at radius 1 is 1.40 bits per heavy atom. The fourth-order valence-electron chi connectivity index (χ4n) is 1.82. The van der Waals surface area contributed by atoms with Crippen molar-refractivity contribution in [2.75, 3.05) is 7.11 Å².